The van der Waals surface area contributed by atoms with Crippen LogP contribution in [-0.2, 0) is 16.1 Å². The van der Waals surface area contributed by atoms with Crippen LogP contribution in [0.1, 0.15) is 38.9 Å². The van der Waals surface area contributed by atoms with E-state index in [1.807, 2.05) is 0 Å². The van der Waals surface area contributed by atoms with E-state index in [0.29, 0.717) is 18.3 Å². The minimum Gasteiger partial charge on any atom is -0.487 e. The molecule has 0 aromatic carbocycles. The maximum atomic E-state index is 11.8. The second kappa shape index (κ2) is 6.59. The summed E-state index contributed by atoms with van der Waals surface area (Å²) >= 11 is 0. The summed E-state index contributed by atoms with van der Waals surface area (Å²) in [5.74, 6) is 0.872. The van der Waals surface area contributed by atoms with E-state index in [0.717, 1.165) is 19.3 Å². The summed E-state index contributed by atoms with van der Waals surface area (Å²) in [6.45, 7) is 4.65. The first-order valence-corrected chi connectivity index (χ1v) is 6.97. The van der Waals surface area contributed by atoms with Gasteiger partial charge in [0.25, 0.3) is 0 Å². The Kier molecular flexibility index (Phi) is 4.82. The zero-order valence-corrected chi connectivity index (χ0v) is 11.9. The van der Waals surface area contributed by atoms with Crippen molar-refractivity contribution < 1.29 is 18.7 Å². The van der Waals surface area contributed by atoms with E-state index in [9.17, 15) is 9.59 Å². The van der Waals surface area contributed by atoms with Crippen LogP contribution >= 0.6 is 0 Å². The highest BCUT2D eigenvalue weighted by Gasteiger charge is 2.31. The molecule has 110 valence electrons. The van der Waals surface area contributed by atoms with Crippen LogP contribution in [0.2, 0.25) is 0 Å². The molecule has 1 aliphatic carbocycles. The second-order valence-corrected chi connectivity index (χ2v) is 5.49. The van der Waals surface area contributed by atoms with Crippen LogP contribution in [0.25, 0.3) is 0 Å². The lowest BCUT2D eigenvalue weighted by atomic mass is 10.1. The summed E-state index contributed by atoms with van der Waals surface area (Å²) in [6.07, 6.45) is 3.94. The molecular formula is C15H20O5. The maximum absolute atomic E-state index is 11.8. The minimum atomic E-state index is -0.252. The zero-order valence-electron chi connectivity index (χ0n) is 11.9. The van der Waals surface area contributed by atoms with Crippen LogP contribution in [0.15, 0.2) is 21.5 Å². The number of carbonyl (C=O) groups excluding carboxylic acids is 1. The molecule has 1 aromatic heterocycles. The summed E-state index contributed by atoms with van der Waals surface area (Å²) in [7, 11) is 0. The molecule has 1 fully saturated rings. The van der Waals surface area contributed by atoms with Crippen molar-refractivity contribution in [3.63, 3.8) is 0 Å². The average molecular weight is 280 g/mol. The number of hydrogen-bond donors (Lipinski definition) is 0. The van der Waals surface area contributed by atoms with Crippen molar-refractivity contribution >= 4 is 5.97 Å². The molecule has 0 bridgehead atoms. The van der Waals surface area contributed by atoms with Gasteiger partial charge in [0.1, 0.15) is 18.6 Å². The predicted molar refractivity (Wildman–Crippen MR) is 72.4 cm³/mol. The molecule has 0 unspecified atom stereocenters. The van der Waals surface area contributed by atoms with Gasteiger partial charge in [0.2, 0.25) is 11.2 Å². The monoisotopic (exact) mass is 280 g/mol. The number of hydrogen-bond acceptors (Lipinski definition) is 5. The molecule has 5 heteroatoms. The third kappa shape index (κ3) is 4.40. The lowest BCUT2D eigenvalue weighted by Gasteiger charge is -2.07. The van der Waals surface area contributed by atoms with Crippen molar-refractivity contribution in [2.24, 2.45) is 11.8 Å². The van der Waals surface area contributed by atoms with Gasteiger partial charge in [-0.05, 0) is 25.2 Å². The van der Waals surface area contributed by atoms with Crippen molar-refractivity contribution in [1.82, 2.24) is 0 Å². The van der Waals surface area contributed by atoms with Gasteiger partial charge >= 0.3 is 5.97 Å². The molecule has 0 amide bonds. The smallest absolute Gasteiger partial charge is 0.309 e. The Morgan fingerprint density at radius 1 is 1.45 bits per heavy atom. The largest absolute Gasteiger partial charge is 0.487 e. The summed E-state index contributed by atoms with van der Waals surface area (Å²) in [4.78, 5) is 23.2. The molecule has 0 radical (unpaired) electrons. The van der Waals surface area contributed by atoms with Gasteiger partial charge in [-0.3, -0.25) is 9.59 Å². The van der Waals surface area contributed by atoms with E-state index < -0.39 is 0 Å². The Hall–Kier alpha value is -1.78. The van der Waals surface area contributed by atoms with Crippen molar-refractivity contribution in [1.29, 1.82) is 0 Å². The summed E-state index contributed by atoms with van der Waals surface area (Å²) in [5, 5.41) is 0. The third-order valence-electron chi connectivity index (χ3n) is 3.07. The van der Waals surface area contributed by atoms with Crippen molar-refractivity contribution in [2.75, 3.05) is 6.61 Å². The first-order chi connectivity index (χ1) is 9.56. The first kappa shape index (κ1) is 14.6. The van der Waals surface area contributed by atoms with Crippen molar-refractivity contribution in [2.45, 2.75) is 39.7 Å². The molecule has 0 N–H and O–H groups in total. The van der Waals surface area contributed by atoms with Gasteiger partial charge in [-0.2, -0.15) is 0 Å². The molecule has 2 rings (SSSR count). The minimum absolute atomic E-state index is 0.00313. The van der Waals surface area contributed by atoms with Gasteiger partial charge in [0.05, 0.1) is 12.5 Å². The highest BCUT2D eigenvalue weighted by Crippen LogP contribution is 2.30. The average Bonchev–Trinajstić information content (AvgIpc) is 3.22. The number of carbonyl (C=O) groups is 1. The molecular weight excluding hydrogens is 260 g/mol. The van der Waals surface area contributed by atoms with E-state index in [2.05, 4.69) is 13.8 Å². The third-order valence-corrected chi connectivity index (χ3v) is 3.07. The maximum Gasteiger partial charge on any atom is 0.309 e. The normalized spacial score (nSPS) is 14.3. The van der Waals surface area contributed by atoms with Crippen LogP contribution < -0.4 is 10.2 Å². The Morgan fingerprint density at radius 3 is 2.80 bits per heavy atom. The molecule has 1 aliphatic rings. The van der Waals surface area contributed by atoms with E-state index in [-0.39, 0.29) is 29.7 Å². The molecule has 20 heavy (non-hydrogen) atoms. The highest BCUT2D eigenvalue weighted by molar-refractivity contribution is 5.74. The van der Waals surface area contributed by atoms with E-state index in [4.69, 9.17) is 13.9 Å². The van der Waals surface area contributed by atoms with Gasteiger partial charge in [0.15, 0.2) is 0 Å². The highest BCUT2D eigenvalue weighted by atomic mass is 16.5. The first-order valence-electron chi connectivity index (χ1n) is 6.97. The molecule has 5 nitrogen and oxygen atoms in total. The molecule has 0 aliphatic heterocycles. The zero-order chi connectivity index (χ0) is 14.5. The Labute approximate surface area is 117 Å². The summed E-state index contributed by atoms with van der Waals surface area (Å²) < 4.78 is 15.7. The van der Waals surface area contributed by atoms with E-state index in [1.54, 1.807) is 0 Å². The Bertz CT molecular complexity index is 513. The molecule has 0 spiro atoms. The van der Waals surface area contributed by atoms with Crippen molar-refractivity contribution in [3.05, 3.63) is 28.3 Å². The fraction of sp³-hybridized carbons (Fsp3) is 0.600. The second-order valence-electron chi connectivity index (χ2n) is 5.49. The van der Waals surface area contributed by atoms with Gasteiger partial charge < -0.3 is 13.9 Å². The van der Waals surface area contributed by atoms with Gasteiger partial charge in [0, 0.05) is 6.07 Å². The fourth-order valence-electron chi connectivity index (χ4n) is 1.60. The SMILES string of the molecule is CC(C)CCOc1coc(COC(=O)C2CC2)cc1=O. The Balaban J connectivity index is 1.84. The Morgan fingerprint density at radius 2 is 2.20 bits per heavy atom. The lowest BCUT2D eigenvalue weighted by Crippen LogP contribution is -2.12. The molecule has 0 saturated heterocycles. The molecule has 0 atom stereocenters. The summed E-state index contributed by atoms with van der Waals surface area (Å²) in [6, 6.07) is 1.31. The van der Waals surface area contributed by atoms with Crippen LogP contribution in [0.4, 0.5) is 0 Å². The van der Waals surface area contributed by atoms with Gasteiger partial charge in [-0.1, -0.05) is 13.8 Å². The number of rotatable bonds is 7. The van der Waals surface area contributed by atoms with Gasteiger partial charge in [-0.25, -0.2) is 0 Å². The van der Waals surface area contributed by atoms with Crippen LogP contribution in [0, 0.1) is 11.8 Å². The topological polar surface area (TPSA) is 65.7 Å². The van der Waals surface area contributed by atoms with Crippen LogP contribution in [0.3, 0.4) is 0 Å². The molecule has 1 heterocycles. The molecule has 1 saturated carbocycles. The fourth-order valence-corrected chi connectivity index (χ4v) is 1.60. The molecule has 1 aromatic rings. The van der Waals surface area contributed by atoms with Crippen LogP contribution in [-0.4, -0.2) is 12.6 Å². The van der Waals surface area contributed by atoms with Crippen LogP contribution in [0.5, 0.6) is 5.75 Å². The number of esters is 1. The van der Waals surface area contributed by atoms with Gasteiger partial charge in [-0.15, -0.1) is 0 Å². The van der Waals surface area contributed by atoms with E-state index >= 15 is 0 Å². The predicted octanol–water partition coefficient (Wildman–Crippen LogP) is 2.52. The van der Waals surface area contributed by atoms with E-state index in [1.165, 1.54) is 12.3 Å². The number of ether oxygens (including phenoxy) is 2. The standard InChI is InChI=1S/C15H20O5/c1-10(2)5-6-18-14-9-19-12(7-13(14)16)8-20-15(17)11-3-4-11/h7,9-11H,3-6,8H2,1-2H3. The summed E-state index contributed by atoms with van der Waals surface area (Å²) in [5.41, 5.74) is -0.252. The lowest BCUT2D eigenvalue weighted by molar-refractivity contribution is -0.147. The quantitative estimate of drug-likeness (QED) is 0.718. The van der Waals surface area contributed by atoms with Crippen molar-refractivity contribution in [3.8, 4) is 5.75 Å².